The third-order valence-electron chi connectivity index (χ3n) is 3.94. The van der Waals surface area contributed by atoms with Crippen LogP contribution in [0.1, 0.15) is 85.0 Å². The zero-order valence-electron chi connectivity index (χ0n) is 16.0. The lowest BCUT2D eigenvalue weighted by atomic mass is 10.1. The van der Waals surface area contributed by atoms with E-state index in [0.29, 0.717) is 19.8 Å². The summed E-state index contributed by atoms with van der Waals surface area (Å²) in [6.45, 7) is 7.34. The van der Waals surface area contributed by atoms with Gasteiger partial charge in [-0.1, -0.05) is 65.2 Å². The number of unbranched alkanes of at least 4 members (excludes halogenated alkanes) is 8. The summed E-state index contributed by atoms with van der Waals surface area (Å²) in [6.07, 6.45) is 11.1. The van der Waals surface area contributed by atoms with E-state index >= 15 is 0 Å². The van der Waals surface area contributed by atoms with Crippen molar-refractivity contribution in [2.24, 2.45) is 0 Å². The molecule has 0 aromatic rings. The predicted molar refractivity (Wildman–Crippen MR) is 97.1 cm³/mol. The molecule has 0 rings (SSSR count). The minimum Gasteiger partial charge on any atom is -0.464 e. The van der Waals surface area contributed by atoms with Gasteiger partial charge >= 0.3 is 12.1 Å². The number of hydrogen-bond acceptors (Lipinski definition) is 4. The Morgan fingerprint density at radius 1 is 0.708 bits per heavy atom. The number of rotatable bonds is 15. The summed E-state index contributed by atoms with van der Waals surface area (Å²) < 4.78 is 10.3. The van der Waals surface area contributed by atoms with Gasteiger partial charge in [0.2, 0.25) is 0 Å². The second-order valence-electron chi connectivity index (χ2n) is 6.18. The second-order valence-corrected chi connectivity index (χ2v) is 6.18. The van der Waals surface area contributed by atoms with Gasteiger partial charge in [-0.05, 0) is 19.8 Å². The van der Waals surface area contributed by atoms with Crippen LogP contribution in [0.2, 0.25) is 0 Å². The Morgan fingerprint density at radius 3 is 1.83 bits per heavy atom. The van der Waals surface area contributed by atoms with E-state index in [-0.39, 0.29) is 12.5 Å². The lowest BCUT2D eigenvalue weighted by Gasteiger charge is -2.19. The molecule has 0 aliphatic rings. The molecule has 0 unspecified atom stereocenters. The van der Waals surface area contributed by atoms with Crippen LogP contribution in [0.4, 0.5) is 4.79 Å². The Balaban J connectivity index is 3.66. The number of nitrogens with zero attached hydrogens (tertiary/aromatic N) is 1. The van der Waals surface area contributed by atoms with Gasteiger partial charge in [-0.3, -0.25) is 9.69 Å². The molecule has 24 heavy (non-hydrogen) atoms. The highest BCUT2D eigenvalue weighted by molar-refractivity contribution is 5.78. The Kier molecular flexibility index (Phi) is 15.7. The highest BCUT2D eigenvalue weighted by Crippen LogP contribution is 2.08. The summed E-state index contributed by atoms with van der Waals surface area (Å²) in [5.41, 5.74) is 0. The SMILES string of the molecule is CCCCCCCCCCOC(=O)CN(CC)C(=O)OCCCC. The van der Waals surface area contributed by atoms with Crippen LogP contribution in [0.3, 0.4) is 0 Å². The standard InChI is InChI=1S/C19H37NO4/c1-4-7-9-10-11-12-13-14-16-23-18(21)17-20(6-3)19(22)24-15-8-5-2/h4-17H2,1-3H3. The molecule has 0 aromatic carbocycles. The average molecular weight is 344 g/mol. The molecule has 0 fully saturated rings. The van der Waals surface area contributed by atoms with Crippen LogP contribution in [0, 0.1) is 0 Å². The van der Waals surface area contributed by atoms with Gasteiger partial charge in [0.15, 0.2) is 0 Å². The summed E-state index contributed by atoms with van der Waals surface area (Å²) in [4.78, 5) is 25.0. The van der Waals surface area contributed by atoms with E-state index in [1.807, 2.05) is 13.8 Å². The van der Waals surface area contributed by atoms with E-state index in [4.69, 9.17) is 9.47 Å². The first-order chi connectivity index (χ1) is 11.7. The van der Waals surface area contributed by atoms with Gasteiger partial charge in [0.25, 0.3) is 0 Å². The van der Waals surface area contributed by atoms with E-state index in [0.717, 1.165) is 25.7 Å². The van der Waals surface area contributed by atoms with Crippen molar-refractivity contribution in [2.45, 2.75) is 85.0 Å². The summed E-state index contributed by atoms with van der Waals surface area (Å²) in [7, 11) is 0. The number of likely N-dealkylation sites (N-methyl/N-ethyl adjacent to an activating group) is 1. The molecular weight excluding hydrogens is 306 g/mol. The highest BCUT2D eigenvalue weighted by atomic mass is 16.6. The predicted octanol–water partition coefficient (Wildman–Crippen LogP) is 4.93. The minimum atomic E-state index is -0.435. The summed E-state index contributed by atoms with van der Waals surface area (Å²) in [6, 6.07) is 0. The van der Waals surface area contributed by atoms with Crippen molar-refractivity contribution in [2.75, 3.05) is 26.3 Å². The molecule has 0 saturated heterocycles. The van der Waals surface area contributed by atoms with E-state index < -0.39 is 6.09 Å². The first-order valence-electron chi connectivity index (χ1n) is 9.72. The maximum Gasteiger partial charge on any atom is 0.410 e. The van der Waals surface area contributed by atoms with Gasteiger partial charge in [-0.25, -0.2) is 4.79 Å². The molecule has 5 heteroatoms. The Bertz CT molecular complexity index is 320. The maximum absolute atomic E-state index is 11.8. The van der Waals surface area contributed by atoms with Gasteiger partial charge < -0.3 is 9.47 Å². The van der Waals surface area contributed by atoms with Crippen molar-refractivity contribution in [1.82, 2.24) is 4.90 Å². The average Bonchev–Trinajstić information content (AvgIpc) is 2.58. The van der Waals surface area contributed by atoms with E-state index in [1.165, 1.54) is 43.4 Å². The first kappa shape index (κ1) is 22.7. The normalized spacial score (nSPS) is 10.5. The fourth-order valence-corrected chi connectivity index (χ4v) is 2.32. The highest BCUT2D eigenvalue weighted by Gasteiger charge is 2.17. The van der Waals surface area contributed by atoms with Crippen LogP contribution in [0.5, 0.6) is 0 Å². The molecular formula is C19H37NO4. The molecule has 0 aliphatic carbocycles. The van der Waals surface area contributed by atoms with Crippen molar-refractivity contribution in [3.8, 4) is 0 Å². The van der Waals surface area contributed by atoms with Gasteiger partial charge in [0, 0.05) is 6.54 Å². The van der Waals surface area contributed by atoms with Crippen molar-refractivity contribution in [1.29, 1.82) is 0 Å². The van der Waals surface area contributed by atoms with Crippen molar-refractivity contribution < 1.29 is 19.1 Å². The molecule has 0 radical (unpaired) electrons. The van der Waals surface area contributed by atoms with Gasteiger partial charge in [-0.2, -0.15) is 0 Å². The van der Waals surface area contributed by atoms with Gasteiger partial charge in [0.1, 0.15) is 6.54 Å². The van der Waals surface area contributed by atoms with Crippen molar-refractivity contribution >= 4 is 12.1 Å². The molecule has 0 atom stereocenters. The first-order valence-corrected chi connectivity index (χ1v) is 9.72. The van der Waals surface area contributed by atoms with Crippen LogP contribution in [0.15, 0.2) is 0 Å². The molecule has 0 bridgehead atoms. The quantitative estimate of drug-likeness (QED) is 0.312. The Labute approximate surface area is 148 Å². The van der Waals surface area contributed by atoms with E-state index in [1.54, 1.807) is 0 Å². The lowest BCUT2D eigenvalue weighted by molar-refractivity contribution is -0.144. The van der Waals surface area contributed by atoms with Crippen LogP contribution in [0.25, 0.3) is 0 Å². The molecule has 0 aromatic heterocycles. The van der Waals surface area contributed by atoms with E-state index in [9.17, 15) is 9.59 Å². The van der Waals surface area contributed by atoms with Gasteiger partial charge in [-0.15, -0.1) is 0 Å². The lowest BCUT2D eigenvalue weighted by Crippen LogP contribution is -2.37. The Hall–Kier alpha value is -1.26. The van der Waals surface area contributed by atoms with Crippen LogP contribution < -0.4 is 0 Å². The zero-order valence-corrected chi connectivity index (χ0v) is 16.0. The molecule has 0 aliphatic heterocycles. The third-order valence-corrected chi connectivity index (χ3v) is 3.94. The topological polar surface area (TPSA) is 55.8 Å². The number of esters is 1. The number of carbonyl (C=O) groups excluding carboxylic acids is 2. The van der Waals surface area contributed by atoms with Crippen LogP contribution in [-0.2, 0) is 14.3 Å². The summed E-state index contributed by atoms with van der Waals surface area (Å²) >= 11 is 0. The summed E-state index contributed by atoms with van der Waals surface area (Å²) in [5, 5.41) is 0. The van der Waals surface area contributed by atoms with Crippen molar-refractivity contribution in [3.63, 3.8) is 0 Å². The monoisotopic (exact) mass is 343 g/mol. The van der Waals surface area contributed by atoms with Crippen LogP contribution >= 0.6 is 0 Å². The Morgan fingerprint density at radius 2 is 1.25 bits per heavy atom. The minimum absolute atomic E-state index is 0.0293. The van der Waals surface area contributed by atoms with Crippen LogP contribution in [-0.4, -0.2) is 43.3 Å². The third kappa shape index (κ3) is 13.2. The molecule has 0 heterocycles. The fourth-order valence-electron chi connectivity index (χ4n) is 2.32. The molecule has 5 nitrogen and oxygen atoms in total. The molecule has 0 saturated carbocycles. The fraction of sp³-hybridized carbons (Fsp3) is 0.895. The van der Waals surface area contributed by atoms with E-state index in [2.05, 4.69) is 6.92 Å². The number of ether oxygens (including phenoxy) is 2. The molecule has 0 spiro atoms. The number of amides is 1. The molecule has 142 valence electrons. The van der Waals surface area contributed by atoms with Crippen molar-refractivity contribution in [3.05, 3.63) is 0 Å². The number of carbonyl (C=O) groups is 2. The number of hydrogen-bond donors (Lipinski definition) is 0. The molecule has 0 N–H and O–H groups in total. The summed E-state index contributed by atoms with van der Waals surface area (Å²) in [5.74, 6) is -0.354. The zero-order chi connectivity index (χ0) is 18.0. The van der Waals surface area contributed by atoms with Gasteiger partial charge in [0.05, 0.1) is 13.2 Å². The second kappa shape index (κ2) is 16.6. The largest absolute Gasteiger partial charge is 0.464 e. The molecule has 1 amide bonds. The maximum atomic E-state index is 11.8. The smallest absolute Gasteiger partial charge is 0.410 e.